The zero-order valence-corrected chi connectivity index (χ0v) is 11.1. The van der Waals surface area contributed by atoms with Crippen LogP contribution >= 0.6 is 0 Å². The van der Waals surface area contributed by atoms with Gasteiger partial charge in [0.15, 0.2) is 0 Å². The molecule has 3 N–H and O–H groups in total. The lowest BCUT2D eigenvalue weighted by atomic mass is 9.78. The number of aliphatic carboxylic acids is 1. The molecule has 2 fully saturated rings. The van der Waals surface area contributed by atoms with Crippen molar-refractivity contribution in [1.29, 1.82) is 0 Å². The zero-order chi connectivity index (χ0) is 13.2. The normalized spacial score (nSPS) is 38.6. The van der Waals surface area contributed by atoms with Crippen LogP contribution in [0.2, 0.25) is 0 Å². The summed E-state index contributed by atoms with van der Waals surface area (Å²) < 4.78 is 5.50. The molecule has 1 saturated carbocycles. The average Bonchev–Trinajstić information content (AvgIpc) is 2.38. The molecule has 2 rings (SSSR count). The smallest absolute Gasteiger partial charge is 0.323 e. The van der Waals surface area contributed by atoms with Crippen molar-refractivity contribution in [3.05, 3.63) is 0 Å². The number of nitrogens with zero attached hydrogens (tertiary/aromatic N) is 1. The molecule has 1 aliphatic heterocycles. The van der Waals surface area contributed by atoms with E-state index >= 15 is 0 Å². The van der Waals surface area contributed by atoms with Crippen LogP contribution in [0, 0.1) is 0 Å². The molecule has 18 heavy (non-hydrogen) atoms. The van der Waals surface area contributed by atoms with Crippen molar-refractivity contribution >= 4 is 5.97 Å². The van der Waals surface area contributed by atoms with Crippen LogP contribution in [0.1, 0.15) is 39.0 Å². The maximum absolute atomic E-state index is 11.3. The van der Waals surface area contributed by atoms with E-state index in [1.165, 1.54) is 0 Å². The van der Waals surface area contributed by atoms with Gasteiger partial charge >= 0.3 is 5.97 Å². The third kappa shape index (κ3) is 2.68. The molecule has 1 heterocycles. The number of carboxylic acids is 1. The highest BCUT2D eigenvalue weighted by molar-refractivity contribution is 5.78. The maximum Gasteiger partial charge on any atom is 0.323 e. The third-order valence-electron chi connectivity index (χ3n) is 4.40. The largest absolute Gasteiger partial charge is 0.480 e. The molecule has 0 aromatic rings. The lowest BCUT2D eigenvalue weighted by Crippen LogP contribution is -2.59. The molecule has 5 heteroatoms. The number of ether oxygens (including phenoxy) is 1. The fraction of sp³-hybridized carbons (Fsp3) is 0.923. The summed E-state index contributed by atoms with van der Waals surface area (Å²) in [6.07, 6.45) is 4.17. The van der Waals surface area contributed by atoms with Gasteiger partial charge in [-0.25, -0.2) is 0 Å². The van der Waals surface area contributed by atoms with Crippen LogP contribution in [0.5, 0.6) is 0 Å². The molecule has 1 saturated heterocycles. The summed E-state index contributed by atoms with van der Waals surface area (Å²) in [5, 5.41) is 9.27. The van der Waals surface area contributed by atoms with E-state index < -0.39 is 11.5 Å². The summed E-state index contributed by atoms with van der Waals surface area (Å²) in [6, 6.07) is 0.716. The molecule has 3 unspecified atom stereocenters. The number of nitrogens with two attached hydrogens (primary N) is 1. The van der Waals surface area contributed by atoms with Crippen LogP contribution in [-0.4, -0.2) is 53.4 Å². The van der Waals surface area contributed by atoms with Crippen LogP contribution in [0.4, 0.5) is 0 Å². The molecule has 0 aromatic carbocycles. The Balaban J connectivity index is 2.05. The van der Waals surface area contributed by atoms with Crippen LogP contribution in [0.3, 0.4) is 0 Å². The highest BCUT2D eigenvalue weighted by Crippen LogP contribution is 2.31. The monoisotopic (exact) mass is 256 g/mol. The Labute approximate surface area is 108 Å². The molecule has 0 spiro atoms. The SMILES string of the molecule is CCC1COCCN1C1CCCC(N)(C(=O)O)C1. The van der Waals surface area contributed by atoms with Crippen LogP contribution in [0.25, 0.3) is 0 Å². The van der Waals surface area contributed by atoms with Gasteiger partial charge in [-0.05, 0) is 32.1 Å². The minimum Gasteiger partial charge on any atom is -0.480 e. The van der Waals surface area contributed by atoms with Crippen molar-refractivity contribution in [2.75, 3.05) is 19.8 Å². The van der Waals surface area contributed by atoms with Crippen molar-refractivity contribution in [3.63, 3.8) is 0 Å². The van der Waals surface area contributed by atoms with Gasteiger partial charge in [0.1, 0.15) is 5.54 Å². The number of carbonyl (C=O) groups is 1. The number of hydrogen-bond acceptors (Lipinski definition) is 4. The van der Waals surface area contributed by atoms with Crippen molar-refractivity contribution in [2.45, 2.75) is 56.7 Å². The zero-order valence-electron chi connectivity index (χ0n) is 11.1. The van der Waals surface area contributed by atoms with Gasteiger partial charge in [0.05, 0.1) is 13.2 Å². The van der Waals surface area contributed by atoms with Crippen molar-refractivity contribution < 1.29 is 14.6 Å². The Morgan fingerprint density at radius 1 is 1.61 bits per heavy atom. The van der Waals surface area contributed by atoms with Crippen molar-refractivity contribution in [2.24, 2.45) is 5.73 Å². The van der Waals surface area contributed by atoms with Gasteiger partial charge in [-0.15, -0.1) is 0 Å². The van der Waals surface area contributed by atoms with E-state index in [4.69, 9.17) is 10.5 Å². The Bertz CT molecular complexity index is 311. The second kappa shape index (κ2) is 5.55. The van der Waals surface area contributed by atoms with Crippen molar-refractivity contribution in [3.8, 4) is 0 Å². The second-order valence-electron chi connectivity index (χ2n) is 5.59. The summed E-state index contributed by atoms with van der Waals surface area (Å²) in [5.74, 6) is -0.853. The first-order valence-electron chi connectivity index (χ1n) is 6.92. The Morgan fingerprint density at radius 2 is 2.39 bits per heavy atom. The Hall–Kier alpha value is -0.650. The molecular weight excluding hydrogens is 232 g/mol. The van der Waals surface area contributed by atoms with Crippen molar-refractivity contribution in [1.82, 2.24) is 4.90 Å². The molecule has 104 valence electrons. The van der Waals surface area contributed by atoms with E-state index in [-0.39, 0.29) is 0 Å². The molecule has 3 atom stereocenters. The van der Waals surface area contributed by atoms with E-state index in [0.29, 0.717) is 24.9 Å². The number of rotatable bonds is 3. The first-order valence-corrected chi connectivity index (χ1v) is 6.92. The summed E-state index contributed by atoms with van der Waals surface area (Å²) in [4.78, 5) is 13.7. The van der Waals surface area contributed by atoms with Gasteiger partial charge in [-0.3, -0.25) is 9.69 Å². The topological polar surface area (TPSA) is 75.8 Å². The molecule has 2 aliphatic rings. The van der Waals surface area contributed by atoms with E-state index in [1.54, 1.807) is 0 Å². The quantitative estimate of drug-likeness (QED) is 0.782. The Morgan fingerprint density at radius 3 is 3.06 bits per heavy atom. The summed E-state index contributed by atoms with van der Waals surface area (Å²) in [6.45, 7) is 4.57. The van der Waals surface area contributed by atoms with Gasteiger partial charge < -0.3 is 15.6 Å². The molecule has 0 aromatic heterocycles. The van der Waals surface area contributed by atoms with Gasteiger partial charge in [0.25, 0.3) is 0 Å². The van der Waals surface area contributed by atoms with Gasteiger partial charge in [0.2, 0.25) is 0 Å². The molecule has 1 aliphatic carbocycles. The molecule has 0 amide bonds. The van der Waals surface area contributed by atoms with Crippen LogP contribution in [-0.2, 0) is 9.53 Å². The maximum atomic E-state index is 11.3. The van der Waals surface area contributed by atoms with E-state index in [9.17, 15) is 9.90 Å². The van der Waals surface area contributed by atoms with Gasteiger partial charge in [-0.1, -0.05) is 6.92 Å². The minimum atomic E-state index is -1.03. The minimum absolute atomic E-state index is 0.300. The first kappa shape index (κ1) is 13.8. The number of hydrogen-bond donors (Lipinski definition) is 2. The van der Waals surface area contributed by atoms with E-state index in [0.717, 1.165) is 39.0 Å². The summed E-state index contributed by atoms with van der Waals surface area (Å²) >= 11 is 0. The second-order valence-corrected chi connectivity index (χ2v) is 5.59. The van der Waals surface area contributed by atoms with Crippen LogP contribution < -0.4 is 5.73 Å². The standard InChI is InChI=1S/C13H24N2O3/c1-2-10-9-18-7-6-15(10)11-4-3-5-13(14,8-11)12(16)17/h10-11H,2-9,14H2,1H3,(H,16,17). The van der Waals surface area contributed by atoms with E-state index in [1.807, 2.05) is 0 Å². The molecule has 0 radical (unpaired) electrons. The van der Waals surface area contributed by atoms with E-state index in [2.05, 4.69) is 11.8 Å². The predicted octanol–water partition coefficient (Wildman–Crippen LogP) is 0.822. The summed E-state index contributed by atoms with van der Waals surface area (Å²) in [5.41, 5.74) is 5.00. The molecule has 0 bridgehead atoms. The Kier molecular flexibility index (Phi) is 4.25. The number of morpholine rings is 1. The first-order chi connectivity index (χ1) is 8.57. The van der Waals surface area contributed by atoms with Gasteiger partial charge in [0, 0.05) is 18.6 Å². The highest BCUT2D eigenvalue weighted by Gasteiger charge is 2.42. The van der Waals surface area contributed by atoms with Crippen LogP contribution in [0.15, 0.2) is 0 Å². The molecular formula is C13H24N2O3. The molecule has 5 nitrogen and oxygen atoms in total. The van der Waals surface area contributed by atoms with Gasteiger partial charge in [-0.2, -0.15) is 0 Å². The number of carboxylic acid groups (broad SMARTS) is 1. The lowest BCUT2D eigenvalue weighted by molar-refractivity contribution is -0.146. The predicted molar refractivity (Wildman–Crippen MR) is 68.4 cm³/mol. The highest BCUT2D eigenvalue weighted by atomic mass is 16.5. The summed E-state index contributed by atoms with van der Waals surface area (Å²) in [7, 11) is 0. The average molecular weight is 256 g/mol. The third-order valence-corrected chi connectivity index (χ3v) is 4.40. The fourth-order valence-electron chi connectivity index (χ4n) is 3.26. The fourth-order valence-corrected chi connectivity index (χ4v) is 3.26. The lowest BCUT2D eigenvalue weighted by Gasteiger charge is -2.45.